The number of rotatable bonds is 41. The summed E-state index contributed by atoms with van der Waals surface area (Å²) >= 11 is 0. The van der Waals surface area contributed by atoms with Gasteiger partial charge in [0.15, 0.2) is 6.23 Å². The van der Waals surface area contributed by atoms with Crippen molar-refractivity contribution in [2.75, 3.05) is 13.2 Å². The molecule has 1 rings (SSSR count). The summed E-state index contributed by atoms with van der Waals surface area (Å²) in [5.41, 5.74) is 0. The van der Waals surface area contributed by atoms with Gasteiger partial charge in [0.1, 0.15) is 24.4 Å². The van der Waals surface area contributed by atoms with Gasteiger partial charge >= 0.3 is 5.97 Å². The molecule has 0 aromatic heterocycles. The van der Waals surface area contributed by atoms with Crippen molar-refractivity contribution in [1.82, 2.24) is 10.2 Å². The molecule has 0 bridgehead atoms. The molecule has 58 heavy (non-hydrogen) atoms. The Bertz CT molecular complexity index is 983. The quantitative estimate of drug-likeness (QED) is 0.0381. The number of aliphatic hydroxyl groups excluding tert-OH is 3. The van der Waals surface area contributed by atoms with E-state index in [0.717, 1.165) is 44.9 Å². The molecule has 0 aliphatic carbocycles. The molecule has 0 saturated carbocycles. The van der Waals surface area contributed by atoms with Crippen molar-refractivity contribution in [3.8, 4) is 0 Å². The van der Waals surface area contributed by atoms with Crippen molar-refractivity contribution < 1.29 is 39.5 Å². The van der Waals surface area contributed by atoms with E-state index in [9.17, 15) is 29.7 Å². The van der Waals surface area contributed by atoms with Crippen LogP contribution in [0.25, 0.3) is 0 Å². The van der Waals surface area contributed by atoms with E-state index in [2.05, 4.69) is 19.2 Å². The molecule has 1 saturated heterocycles. The Morgan fingerprint density at radius 1 is 0.500 bits per heavy atom. The summed E-state index contributed by atoms with van der Waals surface area (Å²) in [4.78, 5) is 39.5. The van der Waals surface area contributed by atoms with Gasteiger partial charge in [-0.15, -0.1) is 0 Å². The number of carbonyl (C=O) groups is 3. The van der Waals surface area contributed by atoms with Crippen LogP contribution in [0.4, 0.5) is 0 Å². The summed E-state index contributed by atoms with van der Waals surface area (Å²) in [5, 5.41) is 43.7. The largest absolute Gasteiger partial charge is 0.481 e. The van der Waals surface area contributed by atoms with Crippen LogP contribution in [0.15, 0.2) is 0 Å². The van der Waals surface area contributed by atoms with Crippen LogP contribution < -0.4 is 5.32 Å². The molecule has 0 aromatic carbocycles. The first-order chi connectivity index (χ1) is 28.3. The summed E-state index contributed by atoms with van der Waals surface area (Å²) in [7, 11) is 0. The number of aliphatic carboxylic acids is 1. The third kappa shape index (κ3) is 27.9. The number of unbranched alkanes of at least 4 members (excludes halogenated alkanes) is 30. The molecule has 0 unspecified atom stereocenters. The second-order valence-electron chi connectivity index (χ2n) is 17.5. The molecule has 10 nitrogen and oxygen atoms in total. The third-order valence-electron chi connectivity index (χ3n) is 12.1. The Hall–Kier alpha value is -1.75. The van der Waals surface area contributed by atoms with Gasteiger partial charge in [-0.1, -0.05) is 200 Å². The number of carboxylic acid groups (broad SMARTS) is 1. The molecule has 1 heterocycles. The Morgan fingerprint density at radius 3 is 1.26 bits per heavy atom. The van der Waals surface area contributed by atoms with Gasteiger partial charge < -0.3 is 35.4 Å². The maximum absolute atomic E-state index is 13.9. The molecule has 0 spiro atoms. The van der Waals surface area contributed by atoms with E-state index in [0.29, 0.717) is 25.8 Å². The number of carboxylic acids is 1. The van der Waals surface area contributed by atoms with Gasteiger partial charge in [0, 0.05) is 25.8 Å². The molecule has 1 aliphatic rings. The highest BCUT2D eigenvalue weighted by atomic mass is 16.5. The molecular weight excluding hydrogens is 733 g/mol. The number of carbonyl (C=O) groups excluding carboxylic acids is 2. The van der Waals surface area contributed by atoms with Gasteiger partial charge in [-0.2, -0.15) is 0 Å². The summed E-state index contributed by atoms with van der Waals surface area (Å²) < 4.78 is 6.13. The second kappa shape index (κ2) is 38.2. The van der Waals surface area contributed by atoms with Crippen molar-refractivity contribution in [3.05, 3.63) is 0 Å². The van der Waals surface area contributed by atoms with E-state index in [1.54, 1.807) is 4.90 Å². The molecule has 5 N–H and O–H groups in total. The van der Waals surface area contributed by atoms with Gasteiger partial charge in [0.25, 0.3) is 0 Å². The molecule has 0 radical (unpaired) electrons. The summed E-state index contributed by atoms with van der Waals surface area (Å²) in [6.45, 7) is 4.38. The minimum Gasteiger partial charge on any atom is -0.481 e. The number of amides is 2. The van der Waals surface area contributed by atoms with Gasteiger partial charge in [0.2, 0.25) is 11.8 Å². The SMILES string of the molecule is CCCCCCCCCCCCCCCCCCN(C(=O)CCCCCCCCCCCCCCCCC)[C@@H]1O[C@H](CO)[C@@H](O)[C@H](O)[C@H]1NC(=O)CCCCC(=O)O. The summed E-state index contributed by atoms with van der Waals surface area (Å²) in [6.07, 6.45) is 34.5. The fraction of sp³-hybridized carbons (Fsp3) is 0.938. The van der Waals surface area contributed by atoms with Gasteiger partial charge in [-0.3, -0.25) is 14.4 Å². The lowest BCUT2D eigenvalue weighted by Crippen LogP contribution is -2.68. The minimum absolute atomic E-state index is 0.0388. The van der Waals surface area contributed by atoms with Crippen LogP contribution in [0.5, 0.6) is 0 Å². The highest BCUT2D eigenvalue weighted by molar-refractivity contribution is 5.78. The molecule has 10 heteroatoms. The lowest BCUT2D eigenvalue weighted by molar-refractivity contribution is -0.231. The lowest BCUT2D eigenvalue weighted by atomic mass is 9.94. The summed E-state index contributed by atoms with van der Waals surface area (Å²) in [6, 6.07) is -1.09. The van der Waals surface area contributed by atoms with Crippen molar-refractivity contribution in [1.29, 1.82) is 0 Å². The number of ether oxygens (including phenoxy) is 1. The van der Waals surface area contributed by atoms with Crippen LogP contribution in [-0.2, 0) is 19.1 Å². The lowest BCUT2D eigenvalue weighted by Gasteiger charge is -2.47. The molecular formula is C48H92N2O8. The first-order valence-electron chi connectivity index (χ1n) is 24.7. The number of hydrogen-bond donors (Lipinski definition) is 5. The van der Waals surface area contributed by atoms with Crippen molar-refractivity contribution in [2.45, 2.75) is 276 Å². The molecule has 1 aliphatic heterocycles. The van der Waals surface area contributed by atoms with E-state index in [-0.39, 0.29) is 18.7 Å². The van der Waals surface area contributed by atoms with Crippen LogP contribution >= 0.6 is 0 Å². The zero-order valence-corrected chi connectivity index (χ0v) is 37.6. The van der Waals surface area contributed by atoms with E-state index >= 15 is 0 Å². The fourth-order valence-electron chi connectivity index (χ4n) is 8.36. The van der Waals surface area contributed by atoms with Crippen LogP contribution in [0, 0.1) is 0 Å². The van der Waals surface area contributed by atoms with Gasteiger partial charge in [-0.05, 0) is 25.7 Å². The Labute approximate surface area is 355 Å². The molecule has 2 amide bonds. The topological polar surface area (TPSA) is 157 Å². The number of nitrogens with zero attached hydrogens (tertiary/aromatic N) is 1. The molecule has 342 valence electrons. The van der Waals surface area contributed by atoms with Crippen LogP contribution in [0.3, 0.4) is 0 Å². The predicted molar refractivity (Wildman–Crippen MR) is 237 cm³/mol. The summed E-state index contributed by atoms with van der Waals surface area (Å²) in [5.74, 6) is -1.44. The molecule has 1 fully saturated rings. The highest BCUT2D eigenvalue weighted by Gasteiger charge is 2.48. The van der Waals surface area contributed by atoms with Crippen LogP contribution in [0.2, 0.25) is 0 Å². The van der Waals surface area contributed by atoms with E-state index in [4.69, 9.17) is 9.84 Å². The average Bonchev–Trinajstić information content (AvgIpc) is 3.21. The average molecular weight is 825 g/mol. The van der Waals surface area contributed by atoms with Crippen molar-refractivity contribution in [2.24, 2.45) is 0 Å². The Balaban J connectivity index is 2.63. The van der Waals surface area contributed by atoms with Crippen LogP contribution in [-0.4, -0.2) is 86.8 Å². The molecule has 0 aromatic rings. The highest BCUT2D eigenvalue weighted by Crippen LogP contribution is 2.26. The molecule has 5 atom stereocenters. The number of hydrogen-bond acceptors (Lipinski definition) is 7. The third-order valence-corrected chi connectivity index (χ3v) is 12.1. The van der Waals surface area contributed by atoms with Crippen molar-refractivity contribution in [3.63, 3.8) is 0 Å². The minimum atomic E-state index is -1.45. The maximum Gasteiger partial charge on any atom is 0.303 e. The van der Waals surface area contributed by atoms with E-state index < -0.39 is 49.1 Å². The normalized spacial score (nSPS) is 19.4. The standard InChI is InChI=1S/C48H92N2O8/c1-3-5-7-9-11-13-15-17-19-21-23-25-27-29-31-35-39-50(43(53)37-32-30-28-26-24-22-20-18-16-14-12-10-8-6-4-2)48-45(47(57)46(56)41(40-51)58-48)49-42(52)36-33-34-38-44(54)55/h41,45-48,51,56-57H,3-40H2,1-2H3,(H,49,52)(H,54,55)/t41-,45-,46-,47-,48-/m1/s1. The smallest absolute Gasteiger partial charge is 0.303 e. The zero-order valence-electron chi connectivity index (χ0n) is 37.6. The fourth-order valence-corrected chi connectivity index (χ4v) is 8.36. The monoisotopic (exact) mass is 825 g/mol. The first kappa shape index (κ1) is 54.3. The number of nitrogens with one attached hydrogen (secondary N) is 1. The maximum atomic E-state index is 13.9. The zero-order chi connectivity index (χ0) is 42.5. The first-order valence-corrected chi connectivity index (χ1v) is 24.7. The Kier molecular flexibility index (Phi) is 35.7. The predicted octanol–water partition coefficient (Wildman–Crippen LogP) is 10.9. The number of aliphatic hydroxyl groups is 3. The van der Waals surface area contributed by atoms with Gasteiger partial charge in [0.05, 0.1) is 6.61 Å². The Morgan fingerprint density at radius 2 is 0.862 bits per heavy atom. The second-order valence-corrected chi connectivity index (χ2v) is 17.5. The van der Waals surface area contributed by atoms with E-state index in [1.807, 2.05) is 0 Å². The van der Waals surface area contributed by atoms with Crippen LogP contribution in [0.1, 0.15) is 245 Å². The van der Waals surface area contributed by atoms with Crippen molar-refractivity contribution >= 4 is 17.8 Å². The van der Waals surface area contributed by atoms with E-state index in [1.165, 1.54) is 154 Å². The van der Waals surface area contributed by atoms with Gasteiger partial charge in [-0.25, -0.2) is 0 Å².